The van der Waals surface area contributed by atoms with Gasteiger partial charge in [-0.25, -0.2) is 0 Å². The Hall–Kier alpha value is -0.570. The lowest BCUT2D eigenvalue weighted by Crippen LogP contribution is -2.28. The van der Waals surface area contributed by atoms with Crippen LogP contribution in [0.4, 0.5) is 0 Å². The Bertz CT molecular complexity index is 180. The number of carbonyl (C=O) groups is 1. The molecular weight excluding hydrogens is 204 g/mol. The number of carbonyl (C=O) groups excluding carboxylic acids is 1. The van der Waals surface area contributed by atoms with E-state index in [1.54, 1.807) is 0 Å². The Morgan fingerprint density at radius 1 is 1.19 bits per heavy atom. The van der Waals surface area contributed by atoms with Crippen molar-refractivity contribution in [1.82, 2.24) is 0 Å². The molecule has 0 aromatic carbocycles. The third kappa shape index (κ3) is 6.11. The van der Waals surface area contributed by atoms with Crippen LogP contribution in [0.5, 0.6) is 0 Å². The van der Waals surface area contributed by atoms with Gasteiger partial charge in [-0.05, 0) is 12.8 Å². The molecule has 0 aromatic rings. The standard InChI is InChI=1S/C13H26O3/c1-4-6-7-8-9-10-12(14)11(5-2)13(15)16-3/h11-12,14H,4-10H2,1-3H3. The van der Waals surface area contributed by atoms with Crippen molar-refractivity contribution in [3.8, 4) is 0 Å². The third-order valence-corrected chi connectivity index (χ3v) is 3.01. The fraction of sp³-hybridized carbons (Fsp3) is 0.923. The van der Waals surface area contributed by atoms with Crippen LogP contribution in [0.3, 0.4) is 0 Å². The van der Waals surface area contributed by atoms with Crippen LogP contribution >= 0.6 is 0 Å². The second-order valence-corrected chi connectivity index (χ2v) is 4.31. The first-order chi connectivity index (χ1) is 7.67. The van der Waals surface area contributed by atoms with Gasteiger partial charge in [0, 0.05) is 0 Å². The van der Waals surface area contributed by atoms with E-state index in [9.17, 15) is 9.90 Å². The van der Waals surface area contributed by atoms with Gasteiger partial charge in [0.1, 0.15) is 0 Å². The van der Waals surface area contributed by atoms with Crippen LogP contribution in [0.15, 0.2) is 0 Å². The fourth-order valence-corrected chi connectivity index (χ4v) is 1.91. The summed E-state index contributed by atoms with van der Waals surface area (Å²) in [6.07, 6.45) is 6.64. The molecule has 96 valence electrons. The summed E-state index contributed by atoms with van der Waals surface area (Å²) in [5.41, 5.74) is 0. The van der Waals surface area contributed by atoms with Gasteiger partial charge in [0.05, 0.1) is 19.1 Å². The number of unbranched alkanes of at least 4 members (excludes halogenated alkanes) is 4. The van der Waals surface area contributed by atoms with E-state index < -0.39 is 6.10 Å². The van der Waals surface area contributed by atoms with Crippen LogP contribution in [0, 0.1) is 5.92 Å². The Balaban J connectivity index is 3.75. The number of ether oxygens (including phenoxy) is 1. The Morgan fingerprint density at radius 2 is 1.81 bits per heavy atom. The van der Waals surface area contributed by atoms with Crippen molar-refractivity contribution in [2.75, 3.05) is 7.11 Å². The molecule has 0 aliphatic heterocycles. The van der Waals surface area contributed by atoms with Gasteiger partial charge < -0.3 is 9.84 Å². The highest BCUT2D eigenvalue weighted by Gasteiger charge is 2.25. The topological polar surface area (TPSA) is 46.5 Å². The molecule has 3 nitrogen and oxygen atoms in total. The quantitative estimate of drug-likeness (QED) is 0.489. The maximum atomic E-state index is 11.3. The molecule has 0 amide bonds. The van der Waals surface area contributed by atoms with Gasteiger partial charge in [-0.1, -0.05) is 46.0 Å². The molecule has 2 atom stereocenters. The van der Waals surface area contributed by atoms with Gasteiger partial charge in [0.15, 0.2) is 0 Å². The molecule has 3 heteroatoms. The SMILES string of the molecule is CCCCCCCC(O)C(CC)C(=O)OC. The number of esters is 1. The molecule has 0 saturated heterocycles. The van der Waals surface area contributed by atoms with Crippen molar-refractivity contribution in [3.05, 3.63) is 0 Å². The minimum Gasteiger partial charge on any atom is -0.469 e. The molecule has 0 aliphatic rings. The fourth-order valence-electron chi connectivity index (χ4n) is 1.91. The van der Waals surface area contributed by atoms with Crippen molar-refractivity contribution in [3.63, 3.8) is 0 Å². The van der Waals surface area contributed by atoms with Gasteiger partial charge >= 0.3 is 5.97 Å². The Morgan fingerprint density at radius 3 is 2.31 bits per heavy atom. The van der Waals surface area contributed by atoms with Gasteiger partial charge in [0.25, 0.3) is 0 Å². The van der Waals surface area contributed by atoms with Crippen LogP contribution < -0.4 is 0 Å². The van der Waals surface area contributed by atoms with Crippen molar-refractivity contribution < 1.29 is 14.6 Å². The summed E-state index contributed by atoms with van der Waals surface area (Å²) >= 11 is 0. The van der Waals surface area contributed by atoms with Crippen LogP contribution in [0.2, 0.25) is 0 Å². The van der Waals surface area contributed by atoms with Gasteiger partial charge in [-0.3, -0.25) is 4.79 Å². The maximum Gasteiger partial charge on any atom is 0.311 e. The minimum absolute atomic E-state index is 0.288. The lowest BCUT2D eigenvalue weighted by atomic mass is 9.95. The molecule has 0 fully saturated rings. The van der Waals surface area contributed by atoms with Gasteiger partial charge in [-0.2, -0.15) is 0 Å². The highest BCUT2D eigenvalue weighted by atomic mass is 16.5. The summed E-state index contributed by atoms with van der Waals surface area (Å²) in [4.78, 5) is 11.3. The van der Waals surface area contributed by atoms with Crippen LogP contribution in [-0.2, 0) is 9.53 Å². The average Bonchev–Trinajstić information content (AvgIpc) is 2.29. The zero-order valence-corrected chi connectivity index (χ0v) is 10.9. The molecule has 0 rings (SSSR count). The summed E-state index contributed by atoms with van der Waals surface area (Å²) in [5.74, 6) is -0.639. The van der Waals surface area contributed by atoms with E-state index in [2.05, 4.69) is 11.7 Å². The first-order valence-electron chi connectivity index (χ1n) is 6.43. The normalized spacial score (nSPS) is 14.5. The third-order valence-electron chi connectivity index (χ3n) is 3.01. The summed E-state index contributed by atoms with van der Waals surface area (Å²) in [7, 11) is 1.37. The van der Waals surface area contributed by atoms with E-state index in [-0.39, 0.29) is 11.9 Å². The summed E-state index contributed by atoms with van der Waals surface area (Å²) in [6.45, 7) is 4.08. The number of hydrogen-bond acceptors (Lipinski definition) is 3. The van der Waals surface area contributed by atoms with E-state index in [0.717, 1.165) is 12.8 Å². The number of rotatable bonds is 9. The van der Waals surface area contributed by atoms with E-state index in [4.69, 9.17) is 0 Å². The first kappa shape index (κ1) is 15.4. The zero-order chi connectivity index (χ0) is 12.4. The molecule has 2 unspecified atom stereocenters. The van der Waals surface area contributed by atoms with Crippen LogP contribution in [0.25, 0.3) is 0 Å². The van der Waals surface area contributed by atoms with Gasteiger partial charge in [-0.15, -0.1) is 0 Å². The van der Waals surface area contributed by atoms with Crippen LogP contribution in [0.1, 0.15) is 58.8 Å². The van der Waals surface area contributed by atoms with E-state index in [1.165, 1.54) is 26.4 Å². The molecule has 0 spiro atoms. The van der Waals surface area contributed by atoms with Crippen molar-refractivity contribution >= 4 is 5.97 Å². The minimum atomic E-state index is -0.543. The predicted molar refractivity (Wildman–Crippen MR) is 65.2 cm³/mol. The average molecular weight is 230 g/mol. The number of methoxy groups -OCH3 is 1. The molecule has 1 N–H and O–H groups in total. The maximum absolute atomic E-state index is 11.3. The second-order valence-electron chi connectivity index (χ2n) is 4.31. The Kier molecular flexibility index (Phi) is 9.30. The molecule has 0 aliphatic carbocycles. The highest BCUT2D eigenvalue weighted by molar-refractivity contribution is 5.72. The molecule has 0 aromatic heterocycles. The molecule has 0 bridgehead atoms. The summed E-state index contributed by atoms with van der Waals surface area (Å²) in [5, 5.41) is 9.87. The van der Waals surface area contributed by atoms with Crippen molar-refractivity contribution in [1.29, 1.82) is 0 Å². The molecule has 0 saturated carbocycles. The summed E-state index contributed by atoms with van der Waals surface area (Å²) < 4.78 is 4.67. The number of hydrogen-bond donors (Lipinski definition) is 1. The van der Waals surface area contributed by atoms with E-state index in [1.807, 2.05) is 6.92 Å². The molecule has 0 heterocycles. The lowest BCUT2D eigenvalue weighted by molar-refractivity contribution is -0.149. The lowest BCUT2D eigenvalue weighted by Gasteiger charge is -2.18. The Labute approximate surface area is 99.2 Å². The monoisotopic (exact) mass is 230 g/mol. The van der Waals surface area contributed by atoms with Crippen LogP contribution in [-0.4, -0.2) is 24.3 Å². The van der Waals surface area contributed by atoms with Crippen molar-refractivity contribution in [2.24, 2.45) is 5.92 Å². The smallest absolute Gasteiger partial charge is 0.311 e. The van der Waals surface area contributed by atoms with E-state index in [0.29, 0.717) is 12.8 Å². The number of aliphatic hydroxyl groups is 1. The molecule has 16 heavy (non-hydrogen) atoms. The zero-order valence-electron chi connectivity index (χ0n) is 10.9. The highest BCUT2D eigenvalue weighted by Crippen LogP contribution is 2.17. The molecule has 0 radical (unpaired) electrons. The predicted octanol–water partition coefficient (Wildman–Crippen LogP) is 2.91. The number of aliphatic hydroxyl groups excluding tert-OH is 1. The van der Waals surface area contributed by atoms with Crippen molar-refractivity contribution in [2.45, 2.75) is 64.9 Å². The van der Waals surface area contributed by atoms with E-state index >= 15 is 0 Å². The molecular formula is C13H26O3. The van der Waals surface area contributed by atoms with Gasteiger partial charge in [0.2, 0.25) is 0 Å². The summed E-state index contributed by atoms with van der Waals surface area (Å²) in [6, 6.07) is 0. The largest absolute Gasteiger partial charge is 0.469 e. The first-order valence-corrected chi connectivity index (χ1v) is 6.43. The second kappa shape index (κ2) is 9.64.